The molecule has 31 heavy (non-hydrogen) atoms. The normalized spacial score (nSPS) is 16.4. The number of benzene rings is 2. The summed E-state index contributed by atoms with van der Waals surface area (Å²) < 4.78 is 11.2. The lowest BCUT2D eigenvalue weighted by Crippen LogP contribution is -2.44. The first kappa shape index (κ1) is 22.6. The quantitative estimate of drug-likeness (QED) is 0.639. The van der Waals surface area contributed by atoms with E-state index in [9.17, 15) is 9.59 Å². The molecule has 0 saturated carbocycles. The highest BCUT2D eigenvalue weighted by Gasteiger charge is 2.27. The number of hydrogen-bond acceptors (Lipinski definition) is 5. The number of carbonyl (C=O) groups is 2. The first-order valence-corrected chi connectivity index (χ1v) is 10.9. The molecule has 166 valence electrons. The number of piperidine rings is 1. The Balaban J connectivity index is 1.57. The molecule has 1 atom stereocenters. The minimum atomic E-state index is -0.140. The molecule has 0 radical (unpaired) electrons. The Morgan fingerprint density at radius 3 is 2.55 bits per heavy atom. The zero-order valence-corrected chi connectivity index (χ0v) is 18.2. The monoisotopic (exact) mass is 425 g/mol. The van der Waals surface area contributed by atoms with Gasteiger partial charge in [-0.2, -0.15) is 0 Å². The average Bonchev–Trinajstić information content (AvgIpc) is 2.77. The lowest BCUT2D eigenvalue weighted by atomic mass is 9.97. The van der Waals surface area contributed by atoms with Gasteiger partial charge in [-0.05, 0) is 57.5 Å². The fourth-order valence-electron chi connectivity index (χ4n) is 3.72. The van der Waals surface area contributed by atoms with Gasteiger partial charge in [-0.25, -0.2) is 0 Å². The van der Waals surface area contributed by atoms with Gasteiger partial charge >= 0.3 is 0 Å². The molecule has 1 unspecified atom stereocenters. The van der Waals surface area contributed by atoms with Crippen LogP contribution in [0.25, 0.3) is 0 Å². The Kier molecular flexibility index (Phi) is 8.29. The fourth-order valence-corrected chi connectivity index (χ4v) is 3.72. The second-order valence-electron chi connectivity index (χ2n) is 7.50. The predicted molar refractivity (Wildman–Crippen MR) is 122 cm³/mol. The van der Waals surface area contributed by atoms with Crippen molar-refractivity contribution in [3.8, 4) is 11.5 Å². The number of anilines is 2. The van der Waals surface area contributed by atoms with E-state index >= 15 is 0 Å². The minimum absolute atomic E-state index is 0.000597. The van der Waals surface area contributed by atoms with E-state index in [1.807, 2.05) is 55.1 Å². The molecule has 0 bridgehead atoms. The lowest BCUT2D eigenvalue weighted by Gasteiger charge is -2.31. The molecule has 1 aliphatic heterocycles. The van der Waals surface area contributed by atoms with Gasteiger partial charge in [-0.1, -0.05) is 18.2 Å². The minimum Gasteiger partial charge on any atom is -0.494 e. The van der Waals surface area contributed by atoms with Gasteiger partial charge < -0.3 is 20.1 Å². The summed E-state index contributed by atoms with van der Waals surface area (Å²) in [6.07, 6.45) is 1.70. The molecule has 0 aromatic heterocycles. The van der Waals surface area contributed by atoms with E-state index in [2.05, 4.69) is 10.6 Å². The van der Waals surface area contributed by atoms with Gasteiger partial charge in [0.05, 0.1) is 31.4 Å². The van der Waals surface area contributed by atoms with Crippen LogP contribution in [-0.4, -0.2) is 49.6 Å². The Morgan fingerprint density at radius 1 is 1.03 bits per heavy atom. The molecule has 2 amide bonds. The van der Waals surface area contributed by atoms with Crippen molar-refractivity contribution < 1.29 is 19.1 Å². The van der Waals surface area contributed by atoms with Gasteiger partial charge in [0, 0.05) is 18.3 Å². The molecule has 2 N–H and O–H groups in total. The van der Waals surface area contributed by atoms with E-state index in [1.165, 1.54) is 0 Å². The van der Waals surface area contributed by atoms with Crippen LogP contribution in [-0.2, 0) is 9.59 Å². The van der Waals surface area contributed by atoms with Crippen molar-refractivity contribution in [3.05, 3.63) is 48.5 Å². The van der Waals surface area contributed by atoms with E-state index in [1.54, 1.807) is 12.1 Å². The highest BCUT2D eigenvalue weighted by Crippen LogP contribution is 2.29. The number of ether oxygens (including phenoxy) is 2. The zero-order chi connectivity index (χ0) is 22.1. The van der Waals surface area contributed by atoms with Gasteiger partial charge in [-0.3, -0.25) is 14.5 Å². The number of rotatable bonds is 9. The number of nitrogens with zero attached hydrogens (tertiary/aromatic N) is 1. The molecule has 2 aromatic carbocycles. The molecule has 1 aliphatic rings. The second kappa shape index (κ2) is 11.4. The molecule has 0 aliphatic carbocycles. The Morgan fingerprint density at radius 2 is 1.81 bits per heavy atom. The largest absolute Gasteiger partial charge is 0.494 e. The molecule has 2 aromatic rings. The molecule has 1 saturated heterocycles. The molecule has 7 heteroatoms. The maximum Gasteiger partial charge on any atom is 0.238 e. The SMILES string of the molecule is CCOc1ccc(OCC)c(NC(=O)CN2CCCC(C(=O)Nc3ccccc3)C2)c1. The Bertz CT molecular complexity index is 872. The third kappa shape index (κ3) is 6.72. The van der Waals surface area contributed by atoms with E-state index in [4.69, 9.17) is 9.47 Å². The summed E-state index contributed by atoms with van der Waals surface area (Å²) in [6, 6.07) is 14.8. The number of carbonyl (C=O) groups excluding carboxylic acids is 2. The van der Waals surface area contributed by atoms with Crippen LogP contribution in [0.1, 0.15) is 26.7 Å². The summed E-state index contributed by atoms with van der Waals surface area (Å²) in [5.41, 5.74) is 1.38. The maximum atomic E-state index is 12.7. The van der Waals surface area contributed by atoms with Gasteiger partial charge in [0.15, 0.2) is 0 Å². The zero-order valence-electron chi connectivity index (χ0n) is 18.2. The van der Waals surface area contributed by atoms with Gasteiger partial charge in [0.25, 0.3) is 0 Å². The summed E-state index contributed by atoms with van der Waals surface area (Å²) in [5.74, 6) is 1.01. The Labute approximate surface area is 183 Å². The van der Waals surface area contributed by atoms with Crippen LogP contribution in [0.15, 0.2) is 48.5 Å². The van der Waals surface area contributed by atoms with Crippen molar-refractivity contribution in [2.75, 3.05) is 43.5 Å². The van der Waals surface area contributed by atoms with Crippen molar-refractivity contribution in [1.29, 1.82) is 0 Å². The van der Waals surface area contributed by atoms with Crippen molar-refractivity contribution in [3.63, 3.8) is 0 Å². The highest BCUT2D eigenvalue weighted by molar-refractivity contribution is 5.94. The highest BCUT2D eigenvalue weighted by atomic mass is 16.5. The van der Waals surface area contributed by atoms with Crippen LogP contribution in [0.5, 0.6) is 11.5 Å². The number of nitrogens with one attached hydrogen (secondary N) is 2. The van der Waals surface area contributed by atoms with E-state index < -0.39 is 0 Å². The summed E-state index contributed by atoms with van der Waals surface area (Å²) in [4.78, 5) is 27.4. The molecule has 7 nitrogen and oxygen atoms in total. The van der Waals surface area contributed by atoms with Crippen molar-refractivity contribution in [2.45, 2.75) is 26.7 Å². The molecular weight excluding hydrogens is 394 g/mol. The molecule has 3 rings (SSSR count). The van der Waals surface area contributed by atoms with Crippen LogP contribution in [0.2, 0.25) is 0 Å². The van der Waals surface area contributed by atoms with Crippen LogP contribution in [0.4, 0.5) is 11.4 Å². The van der Waals surface area contributed by atoms with Crippen LogP contribution < -0.4 is 20.1 Å². The average molecular weight is 426 g/mol. The molecule has 1 fully saturated rings. The maximum absolute atomic E-state index is 12.7. The molecular formula is C24H31N3O4. The molecule has 0 spiro atoms. The van der Waals surface area contributed by atoms with Crippen LogP contribution in [0.3, 0.4) is 0 Å². The van der Waals surface area contributed by atoms with Gasteiger partial charge in [0.1, 0.15) is 11.5 Å². The lowest BCUT2D eigenvalue weighted by molar-refractivity contribution is -0.123. The predicted octanol–water partition coefficient (Wildman–Crippen LogP) is 3.77. The first-order valence-electron chi connectivity index (χ1n) is 10.9. The van der Waals surface area contributed by atoms with Gasteiger partial charge in [-0.15, -0.1) is 0 Å². The van der Waals surface area contributed by atoms with E-state index in [-0.39, 0.29) is 24.3 Å². The van der Waals surface area contributed by atoms with Crippen molar-refractivity contribution >= 4 is 23.2 Å². The third-order valence-corrected chi connectivity index (χ3v) is 5.12. The molecule has 1 heterocycles. The number of para-hydroxylation sites is 1. The fraction of sp³-hybridized carbons (Fsp3) is 0.417. The summed E-state index contributed by atoms with van der Waals surface area (Å²) >= 11 is 0. The standard InChI is InChI=1S/C24H31N3O4/c1-3-30-20-12-13-22(31-4-2)21(15-20)26-23(28)17-27-14-8-9-18(16-27)24(29)25-19-10-6-5-7-11-19/h5-7,10-13,15,18H,3-4,8-9,14,16-17H2,1-2H3,(H,25,29)(H,26,28). The summed E-state index contributed by atoms with van der Waals surface area (Å²) in [5, 5.41) is 5.91. The van der Waals surface area contributed by atoms with Crippen molar-refractivity contribution in [2.24, 2.45) is 5.92 Å². The number of likely N-dealkylation sites (tertiary alicyclic amines) is 1. The van der Waals surface area contributed by atoms with E-state index in [0.29, 0.717) is 36.9 Å². The van der Waals surface area contributed by atoms with E-state index in [0.717, 1.165) is 25.1 Å². The van der Waals surface area contributed by atoms with Crippen molar-refractivity contribution in [1.82, 2.24) is 4.90 Å². The number of amides is 2. The Hall–Kier alpha value is -3.06. The van der Waals surface area contributed by atoms with Crippen LogP contribution >= 0.6 is 0 Å². The smallest absolute Gasteiger partial charge is 0.238 e. The van der Waals surface area contributed by atoms with Crippen LogP contribution in [0, 0.1) is 5.92 Å². The first-order chi connectivity index (χ1) is 15.1. The van der Waals surface area contributed by atoms with Gasteiger partial charge in [0.2, 0.25) is 11.8 Å². The second-order valence-corrected chi connectivity index (χ2v) is 7.50. The summed E-state index contributed by atoms with van der Waals surface area (Å²) in [6.45, 7) is 6.43. The summed E-state index contributed by atoms with van der Waals surface area (Å²) in [7, 11) is 0. The third-order valence-electron chi connectivity index (χ3n) is 5.12. The number of hydrogen-bond donors (Lipinski definition) is 2. The topological polar surface area (TPSA) is 79.9 Å².